The lowest BCUT2D eigenvalue weighted by atomic mass is 10.1. The predicted octanol–water partition coefficient (Wildman–Crippen LogP) is 4.77. The second kappa shape index (κ2) is 11.0. The molecular weight excluding hydrogens is 480 g/mol. The quantitative estimate of drug-likeness (QED) is 0.373. The molecule has 0 amide bonds. The van der Waals surface area contributed by atoms with Crippen LogP contribution in [0.2, 0.25) is 0 Å². The number of ether oxygens (including phenoxy) is 2. The van der Waals surface area contributed by atoms with Crippen molar-refractivity contribution < 1.29 is 18.3 Å². The topological polar surface area (TPSA) is 91.4 Å². The van der Waals surface area contributed by atoms with Crippen LogP contribution in [0.4, 0.5) is 26.4 Å². The second-order valence-corrected chi connectivity index (χ2v) is 9.73. The van der Waals surface area contributed by atoms with Crippen LogP contribution in [0.3, 0.4) is 0 Å². The molecule has 0 unspecified atom stereocenters. The Labute approximate surface area is 215 Å². The lowest BCUT2D eigenvalue weighted by Crippen LogP contribution is -2.40. The van der Waals surface area contributed by atoms with E-state index in [1.165, 1.54) is 12.8 Å². The first-order chi connectivity index (χ1) is 18.0. The highest BCUT2D eigenvalue weighted by Crippen LogP contribution is 2.37. The number of H-pyrrole nitrogens is 1. The number of halogens is 2. The van der Waals surface area contributed by atoms with E-state index >= 15 is 0 Å². The van der Waals surface area contributed by atoms with E-state index in [0.29, 0.717) is 35.4 Å². The standard InChI is InChI=1S/C26H35F2N7O2/c1-3-18-17-29-33-23(18)31-24-19-15-21(36-2)22(37-14-6-11-34-9-4-5-10-34)16-20(19)30-25(32-24)35-12-7-26(27,28)8-13-35/h15-17H,3-14H2,1-2H3,(H2,29,30,31,32,33). The summed E-state index contributed by atoms with van der Waals surface area (Å²) in [6.45, 7) is 6.33. The number of hydrogen-bond donors (Lipinski definition) is 2. The maximum atomic E-state index is 13.8. The Hall–Kier alpha value is -3.21. The summed E-state index contributed by atoms with van der Waals surface area (Å²) in [5, 5.41) is 11.2. The van der Waals surface area contributed by atoms with Gasteiger partial charge in [-0.1, -0.05) is 6.92 Å². The number of methoxy groups -OCH3 is 1. The molecular formula is C26H35F2N7O2. The van der Waals surface area contributed by atoms with Gasteiger partial charge < -0.3 is 24.6 Å². The molecule has 37 heavy (non-hydrogen) atoms. The highest BCUT2D eigenvalue weighted by Gasteiger charge is 2.35. The van der Waals surface area contributed by atoms with Crippen molar-refractivity contribution in [2.24, 2.45) is 0 Å². The first kappa shape index (κ1) is 25.4. The Morgan fingerprint density at radius 3 is 2.59 bits per heavy atom. The minimum atomic E-state index is -2.65. The molecule has 0 spiro atoms. The molecule has 200 valence electrons. The van der Waals surface area contributed by atoms with Crippen molar-refractivity contribution in [1.82, 2.24) is 25.1 Å². The summed E-state index contributed by atoms with van der Waals surface area (Å²) in [5.41, 5.74) is 1.66. The Bertz CT molecular complexity index is 1200. The minimum absolute atomic E-state index is 0.193. The third-order valence-corrected chi connectivity index (χ3v) is 7.16. The van der Waals surface area contributed by atoms with Crippen molar-refractivity contribution >= 4 is 28.5 Å². The smallest absolute Gasteiger partial charge is 0.251 e. The summed E-state index contributed by atoms with van der Waals surface area (Å²) in [4.78, 5) is 13.8. The zero-order valence-corrected chi connectivity index (χ0v) is 21.5. The van der Waals surface area contributed by atoms with E-state index in [9.17, 15) is 8.78 Å². The van der Waals surface area contributed by atoms with Crippen molar-refractivity contribution in [1.29, 1.82) is 0 Å². The van der Waals surface area contributed by atoms with Crippen LogP contribution in [-0.2, 0) is 6.42 Å². The maximum absolute atomic E-state index is 13.8. The molecule has 5 rings (SSSR count). The zero-order chi connectivity index (χ0) is 25.8. The number of fused-ring (bicyclic) bond motifs is 1. The number of benzene rings is 1. The number of nitrogens with one attached hydrogen (secondary N) is 2. The van der Waals surface area contributed by atoms with Gasteiger partial charge in [0.15, 0.2) is 11.5 Å². The average Bonchev–Trinajstić information content (AvgIpc) is 3.58. The van der Waals surface area contributed by atoms with E-state index in [4.69, 9.17) is 19.4 Å². The molecule has 2 N–H and O–H groups in total. The van der Waals surface area contributed by atoms with Crippen LogP contribution in [0.1, 0.15) is 44.6 Å². The number of likely N-dealkylation sites (tertiary alicyclic amines) is 1. The molecule has 4 heterocycles. The van der Waals surface area contributed by atoms with Gasteiger partial charge in [-0.3, -0.25) is 5.10 Å². The fraction of sp³-hybridized carbons (Fsp3) is 0.577. The first-order valence-corrected chi connectivity index (χ1v) is 13.1. The van der Waals surface area contributed by atoms with Crippen molar-refractivity contribution in [3.8, 4) is 11.5 Å². The van der Waals surface area contributed by atoms with Gasteiger partial charge in [0.25, 0.3) is 5.92 Å². The van der Waals surface area contributed by atoms with Gasteiger partial charge in [0.1, 0.15) is 11.6 Å². The highest BCUT2D eigenvalue weighted by atomic mass is 19.3. The number of piperidine rings is 1. The van der Waals surface area contributed by atoms with Crippen molar-refractivity contribution in [2.45, 2.75) is 51.4 Å². The largest absolute Gasteiger partial charge is 0.493 e. The SMILES string of the molecule is CCc1cn[nH]c1Nc1nc(N2CCC(F)(F)CC2)nc2cc(OCCCN3CCCC3)c(OC)cc12. The van der Waals surface area contributed by atoms with Crippen LogP contribution in [0.25, 0.3) is 10.9 Å². The number of aromatic nitrogens is 4. The fourth-order valence-electron chi connectivity index (χ4n) is 4.95. The molecule has 2 aromatic heterocycles. The molecule has 2 fully saturated rings. The third kappa shape index (κ3) is 5.87. The molecule has 1 aromatic carbocycles. The van der Waals surface area contributed by atoms with Gasteiger partial charge in [-0.25, -0.2) is 13.8 Å². The third-order valence-electron chi connectivity index (χ3n) is 7.16. The van der Waals surface area contributed by atoms with Gasteiger partial charge >= 0.3 is 0 Å². The molecule has 0 atom stereocenters. The second-order valence-electron chi connectivity index (χ2n) is 9.73. The van der Waals surface area contributed by atoms with E-state index in [0.717, 1.165) is 49.2 Å². The summed E-state index contributed by atoms with van der Waals surface area (Å²) in [6.07, 6.45) is 5.58. The number of aryl methyl sites for hydroxylation is 1. The summed E-state index contributed by atoms with van der Waals surface area (Å²) in [7, 11) is 1.61. The number of nitrogens with zero attached hydrogens (tertiary/aromatic N) is 5. The minimum Gasteiger partial charge on any atom is -0.493 e. The summed E-state index contributed by atoms with van der Waals surface area (Å²) < 4.78 is 39.4. The lowest BCUT2D eigenvalue weighted by molar-refractivity contribution is -0.0222. The molecule has 2 aliphatic heterocycles. The van der Waals surface area contributed by atoms with Gasteiger partial charge in [0.05, 0.1) is 25.4 Å². The van der Waals surface area contributed by atoms with Gasteiger partial charge in [-0.05, 0) is 44.8 Å². The molecule has 0 aliphatic carbocycles. The Balaban J connectivity index is 1.45. The van der Waals surface area contributed by atoms with E-state index in [2.05, 4.69) is 20.4 Å². The Morgan fingerprint density at radius 2 is 1.86 bits per heavy atom. The molecule has 2 saturated heterocycles. The van der Waals surface area contributed by atoms with Crippen LogP contribution in [-0.4, -0.2) is 77.4 Å². The average molecular weight is 516 g/mol. The lowest BCUT2D eigenvalue weighted by Gasteiger charge is -2.32. The Kier molecular flexibility index (Phi) is 7.59. The van der Waals surface area contributed by atoms with Crippen LogP contribution >= 0.6 is 0 Å². The number of aromatic amines is 1. The van der Waals surface area contributed by atoms with Crippen LogP contribution in [0.15, 0.2) is 18.3 Å². The van der Waals surface area contributed by atoms with E-state index in [1.54, 1.807) is 13.3 Å². The van der Waals surface area contributed by atoms with Gasteiger partial charge in [-0.2, -0.15) is 10.1 Å². The molecule has 2 aliphatic rings. The predicted molar refractivity (Wildman–Crippen MR) is 140 cm³/mol. The molecule has 9 nitrogen and oxygen atoms in total. The van der Waals surface area contributed by atoms with E-state index in [1.807, 2.05) is 24.0 Å². The monoisotopic (exact) mass is 515 g/mol. The van der Waals surface area contributed by atoms with E-state index < -0.39 is 5.92 Å². The molecule has 0 radical (unpaired) electrons. The number of hydrogen-bond acceptors (Lipinski definition) is 8. The summed E-state index contributed by atoms with van der Waals surface area (Å²) >= 11 is 0. The van der Waals surface area contributed by atoms with Crippen LogP contribution < -0.4 is 19.7 Å². The first-order valence-electron chi connectivity index (χ1n) is 13.1. The summed E-state index contributed by atoms with van der Waals surface area (Å²) in [5.74, 6) is 0.242. The molecule has 0 saturated carbocycles. The number of rotatable bonds is 10. The van der Waals surface area contributed by atoms with Gasteiger partial charge in [-0.15, -0.1) is 0 Å². The van der Waals surface area contributed by atoms with Crippen molar-refractivity contribution in [3.63, 3.8) is 0 Å². The van der Waals surface area contributed by atoms with Crippen molar-refractivity contribution in [2.75, 3.05) is 56.7 Å². The van der Waals surface area contributed by atoms with Crippen LogP contribution in [0.5, 0.6) is 11.5 Å². The zero-order valence-electron chi connectivity index (χ0n) is 21.5. The van der Waals surface area contributed by atoms with Crippen LogP contribution in [0, 0.1) is 0 Å². The molecule has 0 bridgehead atoms. The maximum Gasteiger partial charge on any atom is 0.251 e. The number of alkyl halides is 2. The Morgan fingerprint density at radius 1 is 1.08 bits per heavy atom. The molecule has 11 heteroatoms. The fourth-order valence-corrected chi connectivity index (χ4v) is 4.95. The van der Waals surface area contributed by atoms with E-state index in [-0.39, 0.29) is 25.9 Å². The highest BCUT2D eigenvalue weighted by molar-refractivity contribution is 5.94. The van der Waals surface area contributed by atoms with Crippen molar-refractivity contribution in [3.05, 3.63) is 23.9 Å². The summed E-state index contributed by atoms with van der Waals surface area (Å²) in [6, 6.07) is 3.72. The normalized spacial score (nSPS) is 17.9. The number of anilines is 3. The van der Waals surface area contributed by atoms with Gasteiger partial charge in [0.2, 0.25) is 5.95 Å². The molecule has 3 aromatic rings. The van der Waals surface area contributed by atoms with Gasteiger partial charge in [0, 0.05) is 49.5 Å².